The minimum absolute atomic E-state index is 0.0393. The standard InChI is InChI=1S/C12H14N2O4S/c15-6-9-4-10(14(17)18)1-2-11(9)13-5-8(7-19)3-12(13)16/h1-2,4,8,15,19H,3,5-7H2. The predicted octanol–water partition coefficient (Wildman–Crippen LogP) is 1.37. The summed E-state index contributed by atoms with van der Waals surface area (Å²) in [6.45, 7) is 0.194. The number of nitro benzene ring substituents is 1. The van der Waals surface area contributed by atoms with E-state index < -0.39 is 4.92 Å². The summed E-state index contributed by atoms with van der Waals surface area (Å²) in [5, 5.41) is 20.0. The van der Waals surface area contributed by atoms with Crippen LogP contribution in [0.4, 0.5) is 11.4 Å². The van der Waals surface area contributed by atoms with Crippen LogP contribution in [0, 0.1) is 16.0 Å². The van der Waals surface area contributed by atoms with Crippen molar-refractivity contribution in [1.29, 1.82) is 0 Å². The van der Waals surface area contributed by atoms with Crippen molar-refractivity contribution in [2.24, 2.45) is 5.92 Å². The van der Waals surface area contributed by atoms with Gasteiger partial charge in [0, 0.05) is 36.3 Å². The predicted molar refractivity (Wildman–Crippen MR) is 73.3 cm³/mol. The molecule has 1 heterocycles. The minimum atomic E-state index is -0.523. The third-order valence-electron chi connectivity index (χ3n) is 3.20. The van der Waals surface area contributed by atoms with E-state index in [4.69, 9.17) is 0 Å². The Morgan fingerprint density at radius 1 is 1.53 bits per heavy atom. The van der Waals surface area contributed by atoms with Crippen molar-refractivity contribution in [3.8, 4) is 0 Å². The molecule has 1 atom stereocenters. The zero-order chi connectivity index (χ0) is 14.0. The lowest BCUT2D eigenvalue weighted by Gasteiger charge is -2.19. The van der Waals surface area contributed by atoms with Crippen LogP contribution in [-0.4, -0.2) is 28.2 Å². The van der Waals surface area contributed by atoms with Gasteiger partial charge >= 0.3 is 0 Å². The lowest BCUT2D eigenvalue weighted by molar-refractivity contribution is -0.384. The van der Waals surface area contributed by atoms with Crippen LogP contribution in [0.2, 0.25) is 0 Å². The van der Waals surface area contributed by atoms with Gasteiger partial charge < -0.3 is 10.0 Å². The molecule has 1 aromatic rings. The third kappa shape index (κ3) is 2.71. The molecule has 1 saturated heterocycles. The van der Waals surface area contributed by atoms with E-state index in [1.54, 1.807) is 4.90 Å². The molecule has 1 aliphatic heterocycles. The quantitative estimate of drug-likeness (QED) is 0.496. The smallest absolute Gasteiger partial charge is 0.269 e. The summed E-state index contributed by atoms with van der Waals surface area (Å²) < 4.78 is 0. The van der Waals surface area contributed by atoms with Gasteiger partial charge in [0.05, 0.1) is 11.5 Å². The average molecular weight is 282 g/mol. The van der Waals surface area contributed by atoms with E-state index in [0.29, 0.717) is 30.0 Å². The van der Waals surface area contributed by atoms with Crippen LogP contribution in [0.15, 0.2) is 18.2 Å². The van der Waals surface area contributed by atoms with Crippen LogP contribution in [0.1, 0.15) is 12.0 Å². The van der Waals surface area contributed by atoms with Gasteiger partial charge in [0.2, 0.25) is 5.91 Å². The third-order valence-corrected chi connectivity index (χ3v) is 3.71. The number of aliphatic hydroxyl groups excluding tert-OH is 1. The number of amides is 1. The van der Waals surface area contributed by atoms with E-state index in [1.807, 2.05) is 0 Å². The molecular weight excluding hydrogens is 268 g/mol. The molecule has 0 radical (unpaired) electrons. The summed E-state index contributed by atoms with van der Waals surface area (Å²) in [5.74, 6) is 0.754. The first-order valence-corrected chi connectivity index (χ1v) is 6.49. The lowest BCUT2D eigenvalue weighted by atomic mass is 10.1. The number of thiol groups is 1. The number of carbonyl (C=O) groups excluding carboxylic acids is 1. The number of rotatable bonds is 4. The number of hydrogen-bond donors (Lipinski definition) is 2. The van der Waals surface area contributed by atoms with Crippen molar-refractivity contribution in [3.63, 3.8) is 0 Å². The van der Waals surface area contributed by atoms with Crippen molar-refractivity contribution < 1.29 is 14.8 Å². The molecule has 1 aromatic carbocycles. The molecule has 0 saturated carbocycles. The van der Waals surface area contributed by atoms with Crippen LogP contribution < -0.4 is 4.90 Å². The van der Waals surface area contributed by atoms with Gasteiger partial charge in [-0.15, -0.1) is 0 Å². The Bertz CT molecular complexity index is 520. The number of nitro groups is 1. The maximum absolute atomic E-state index is 11.9. The van der Waals surface area contributed by atoms with Gasteiger partial charge in [-0.1, -0.05) is 0 Å². The lowest BCUT2D eigenvalue weighted by Crippen LogP contribution is -2.26. The van der Waals surface area contributed by atoms with Gasteiger partial charge in [-0.25, -0.2) is 0 Å². The first kappa shape index (κ1) is 13.8. The van der Waals surface area contributed by atoms with Crippen LogP contribution in [0.5, 0.6) is 0 Å². The molecule has 7 heteroatoms. The molecule has 1 amide bonds. The number of aliphatic hydroxyl groups is 1. The Morgan fingerprint density at radius 2 is 2.26 bits per heavy atom. The second kappa shape index (κ2) is 5.58. The highest BCUT2D eigenvalue weighted by Gasteiger charge is 2.31. The van der Waals surface area contributed by atoms with Crippen molar-refractivity contribution in [1.82, 2.24) is 0 Å². The largest absolute Gasteiger partial charge is 0.392 e. The van der Waals surface area contributed by atoms with E-state index in [2.05, 4.69) is 12.6 Å². The van der Waals surface area contributed by atoms with Crippen LogP contribution in [0.25, 0.3) is 0 Å². The van der Waals surface area contributed by atoms with Gasteiger partial charge in [-0.2, -0.15) is 12.6 Å². The number of benzene rings is 1. The number of nitrogens with zero attached hydrogens (tertiary/aromatic N) is 2. The first-order chi connectivity index (χ1) is 9.06. The molecule has 19 heavy (non-hydrogen) atoms. The van der Waals surface area contributed by atoms with E-state index in [1.165, 1.54) is 18.2 Å². The summed E-state index contributed by atoms with van der Waals surface area (Å²) in [5.41, 5.74) is 0.843. The minimum Gasteiger partial charge on any atom is -0.392 e. The molecule has 2 rings (SSSR count). The highest BCUT2D eigenvalue weighted by atomic mass is 32.1. The molecule has 1 unspecified atom stereocenters. The zero-order valence-electron chi connectivity index (χ0n) is 10.2. The van der Waals surface area contributed by atoms with Crippen molar-refractivity contribution in [2.45, 2.75) is 13.0 Å². The fourth-order valence-electron chi connectivity index (χ4n) is 2.21. The molecule has 1 N–H and O–H groups in total. The Hall–Kier alpha value is -1.60. The summed E-state index contributed by atoms with van der Waals surface area (Å²) in [7, 11) is 0. The number of carbonyl (C=O) groups is 1. The number of anilines is 1. The van der Waals surface area contributed by atoms with E-state index in [0.717, 1.165) is 0 Å². The number of non-ortho nitro benzene ring substituents is 1. The number of hydrogen-bond acceptors (Lipinski definition) is 5. The van der Waals surface area contributed by atoms with Crippen molar-refractivity contribution >= 4 is 29.9 Å². The van der Waals surface area contributed by atoms with Gasteiger partial charge in [0.25, 0.3) is 5.69 Å². The molecule has 0 spiro atoms. The summed E-state index contributed by atoms with van der Waals surface area (Å²) >= 11 is 4.18. The molecular formula is C12H14N2O4S. The molecule has 1 aliphatic rings. The zero-order valence-corrected chi connectivity index (χ0v) is 11.0. The van der Waals surface area contributed by atoms with Gasteiger partial charge in [-0.05, 0) is 17.7 Å². The summed E-state index contributed by atoms with van der Waals surface area (Å²) in [6, 6.07) is 4.16. The summed E-state index contributed by atoms with van der Waals surface area (Å²) in [4.78, 5) is 23.6. The Labute approximate surface area is 115 Å². The molecule has 0 aromatic heterocycles. The molecule has 1 fully saturated rings. The topological polar surface area (TPSA) is 83.7 Å². The molecule has 6 nitrogen and oxygen atoms in total. The Morgan fingerprint density at radius 3 is 2.79 bits per heavy atom. The SMILES string of the molecule is O=C1CC(CS)CN1c1ccc([N+](=O)[O-])cc1CO. The van der Waals surface area contributed by atoms with Crippen LogP contribution in [0.3, 0.4) is 0 Å². The van der Waals surface area contributed by atoms with Gasteiger partial charge in [0.15, 0.2) is 0 Å². The second-order valence-corrected chi connectivity index (χ2v) is 4.85. The second-order valence-electron chi connectivity index (χ2n) is 4.49. The van der Waals surface area contributed by atoms with Gasteiger partial charge in [0.1, 0.15) is 0 Å². The molecule has 0 aliphatic carbocycles. The fraction of sp³-hybridized carbons (Fsp3) is 0.417. The van der Waals surface area contributed by atoms with Crippen LogP contribution in [-0.2, 0) is 11.4 Å². The maximum Gasteiger partial charge on any atom is 0.269 e. The Balaban J connectivity index is 2.34. The highest BCUT2D eigenvalue weighted by molar-refractivity contribution is 7.80. The van der Waals surface area contributed by atoms with Gasteiger partial charge in [-0.3, -0.25) is 14.9 Å². The first-order valence-electron chi connectivity index (χ1n) is 5.86. The highest BCUT2D eigenvalue weighted by Crippen LogP contribution is 2.31. The fourth-order valence-corrected chi connectivity index (χ4v) is 2.46. The van der Waals surface area contributed by atoms with E-state index in [-0.39, 0.29) is 24.1 Å². The monoisotopic (exact) mass is 282 g/mol. The maximum atomic E-state index is 11.9. The van der Waals surface area contributed by atoms with Crippen LogP contribution >= 0.6 is 12.6 Å². The van der Waals surface area contributed by atoms with E-state index in [9.17, 15) is 20.0 Å². The average Bonchev–Trinajstić information content (AvgIpc) is 2.79. The molecule has 102 valence electrons. The molecule has 0 bridgehead atoms. The van der Waals surface area contributed by atoms with E-state index >= 15 is 0 Å². The Kier molecular flexibility index (Phi) is 4.06. The normalized spacial score (nSPS) is 18.9. The summed E-state index contributed by atoms with van der Waals surface area (Å²) in [6.07, 6.45) is 0.422. The van der Waals surface area contributed by atoms with Crippen molar-refractivity contribution in [2.75, 3.05) is 17.2 Å². The van der Waals surface area contributed by atoms with Crippen molar-refractivity contribution in [3.05, 3.63) is 33.9 Å².